The van der Waals surface area contributed by atoms with Gasteiger partial charge >= 0.3 is 0 Å². The summed E-state index contributed by atoms with van der Waals surface area (Å²) in [6.07, 6.45) is 4.30. The number of aromatic nitrogens is 1. The van der Waals surface area contributed by atoms with Crippen LogP contribution in [0.2, 0.25) is 0 Å². The molecule has 1 heterocycles. The number of aliphatic imine (C=N–C) groups is 1. The number of benzene rings is 1. The van der Waals surface area contributed by atoms with E-state index in [0.29, 0.717) is 30.8 Å². The van der Waals surface area contributed by atoms with E-state index in [0.717, 1.165) is 17.7 Å². The topological polar surface area (TPSA) is 78.8 Å². The van der Waals surface area contributed by atoms with Crippen LogP contribution < -0.4 is 15.4 Å². The van der Waals surface area contributed by atoms with Crippen LogP contribution in [0.4, 0.5) is 0 Å². The van der Waals surface area contributed by atoms with Gasteiger partial charge in [0.25, 0.3) is 0 Å². The first-order valence-corrected chi connectivity index (χ1v) is 9.46. The molecule has 1 fully saturated rings. The average Bonchev–Trinajstić information content (AvgIpc) is 3.55. The van der Waals surface area contributed by atoms with Gasteiger partial charge in [-0.1, -0.05) is 30.3 Å². The third-order valence-corrected chi connectivity index (χ3v) is 4.65. The highest BCUT2D eigenvalue weighted by Crippen LogP contribution is 2.29. The summed E-state index contributed by atoms with van der Waals surface area (Å²) in [5, 5.41) is 16.3. The van der Waals surface area contributed by atoms with Crippen LogP contribution in [-0.4, -0.2) is 42.9 Å². The summed E-state index contributed by atoms with van der Waals surface area (Å²) in [5.74, 6) is 2.10. The molecular weight excluding hydrogens is 467 g/mol. The lowest BCUT2D eigenvalue weighted by Crippen LogP contribution is -2.39. The number of hydrogen-bond donors (Lipinski definition) is 3. The lowest BCUT2D eigenvalue weighted by Gasteiger charge is -2.18. The normalized spacial score (nSPS) is 14.7. The van der Waals surface area contributed by atoms with Gasteiger partial charge in [-0.15, -0.1) is 24.0 Å². The number of pyridine rings is 1. The van der Waals surface area contributed by atoms with Gasteiger partial charge in [-0.3, -0.25) is 4.99 Å². The van der Waals surface area contributed by atoms with E-state index in [4.69, 9.17) is 4.74 Å². The molecule has 2 aromatic rings. The van der Waals surface area contributed by atoms with Crippen molar-refractivity contribution >= 4 is 29.9 Å². The summed E-state index contributed by atoms with van der Waals surface area (Å²) in [6.45, 7) is 2.07. The van der Waals surface area contributed by atoms with Crippen LogP contribution in [0.1, 0.15) is 29.9 Å². The smallest absolute Gasteiger partial charge is 0.213 e. The monoisotopic (exact) mass is 496 g/mol. The van der Waals surface area contributed by atoms with Gasteiger partial charge in [-0.25, -0.2) is 4.98 Å². The van der Waals surface area contributed by atoms with Crippen molar-refractivity contribution in [3.8, 4) is 5.88 Å². The van der Waals surface area contributed by atoms with Crippen LogP contribution in [0, 0.1) is 5.92 Å². The molecule has 0 radical (unpaired) electrons. The van der Waals surface area contributed by atoms with Gasteiger partial charge in [0.05, 0.1) is 13.2 Å². The maximum absolute atomic E-state index is 9.68. The predicted molar refractivity (Wildman–Crippen MR) is 122 cm³/mol. The number of rotatable bonds is 9. The molecule has 0 saturated heterocycles. The molecule has 1 aliphatic carbocycles. The lowest BCUT2D eigenvalue weighted by atomic mass is 10.0. The Morgan fingerprint density at radius 1 is 1.25 bits per heavy atom. The Kier molecular flexibility index (Phi) is 9.49. The van der Waals surface area contributed by atoms with Crippen molar-refractivity contribution in [1.29, 1.82) is 0 Å². The third kappa shape index (κ3) is 7.27. The molecule has 3 rings (SSSR count). The number of aliphatic hydroxyl groups excluding tert-OH is 1. The fourth-order valence-electron chi connectivity index (χ4n) is 2.77. The molecule has 3 N–H and O–H groups in total. The second kappa shape index (κ2) is 11.9. The Labute approximate surface area is 183 Å². The van der Waals surface area contributed by atoms with Crippen molar-refractivity contribution in [2.75, 3.05) is 26.8 Å². The highest BCUT2D eigenvalue weighted by atomic mass is 127. The summed E-state index contributed by atoms with van der Waals surface area (Å²) in [4.78, 5) is 8.53. The maximum atomic E-state index is 9.68. The predicted octanol–water partition coefficient (Wildman–Crippen LogP) is 2.93. The Balaban J connectivity index is 0.00000280. The number of nitrogens with zero attached hydrogens (tertiary/aromatic N) is 2. The molecule has 0 amide bonds. The summed E-state index contributed by atoms with van der Waals surface area (Å²) in [6, 6.07) is 13.9. The molecular formula is C21H29IN4O2. The number of aliphatic hydroxyl groups is 1. The van der Waals surface area contributed by atoms with Gasteiger partial charge in [0.2, 0.25) is 5.88 Å². The van der Waals surface area contributed by atoms with Gasteiger partial charge < -0.3 is 20.5 Å². The van der Waals surface area contributed by atoms with E-state index in [-0.39, 0.29) is 36.5 Å². The molecule has 1 saturated carbocycles. The molecule has 0 bridgehead atoms. The first-order chi connectivity index (χ1) is 13.3. The van der Waals surface area contributed by atoms with Gasteiger partial charge in [0.1, 0.15) is 0 Å². The largest absolute Gasteiger partial charge is 0.477 e. The molecule has 1 aromatic carbocycles. The summed E-state index contributed by atoms with van der Waals surface area (Å²) < 4.78 is 5.73. The van der Waals surface area contributed by atoms with Gasteiger partial charge in [0, 0.05) is 38.3 Å². The molecule has 152 valence electrons. The fourth-order valence-corrected chi connectivity index (χ4v) is 2.77. The Bertz CT molecular complexity index is 738. The van der Waals surface area contributed by atoms with E-state index in [1.165, 1.54) is 12.8 Å². The van der Waals surface area contributed by atoms with E-state index < -0.39 is 0 Å². The van der Waals surface area contributed by atoms with E-state index in [9.17, 15) is 5.11 Å². The summed E-state index contributed by atoms with van der Waals surface area (Å²) >= 11 is 0. The minimum Gasteiger partial charge on any atom is -0.477 e. The van der Waals surface area contributed by atoms with Gasteiger partial charge in [-0.05, 0) is 36.0 Å². The second-order valence-corrected chi connectivity index (χ2v) is 6.85. The first-order valence-electron chi connectivity index (χ1n) is 9.46. The molecule has 6 nitrogen and oxygen atoms in total. The van der Waals surface area contributed by atoms with E-state index in [2.05, 4.69) is 20.6 Å². The molecule has 7 heteroatoms. The molecule has 28 heavy (non-hydrogen) atoms. The van der Waals surface area contributed by atoms with Crippen molar-refractivity contribution < 1.29 is 9.84 Å². The average molecular weight is 496 g/mol. The van der Waals surface area contributed by atoms with Crippen LogP contribution in [0.3, 0.4) is 0 Å². The second-order valence-electron chi connectivity index (χ2n) is 6.85. The Hall–Kier alpha value is -1.87. The number of halogens is 1. The zero-order valence-corrected chi connectivity index (χ0v) is 18.5. The zero-order valence-electron chi connectivity index (χ0n) is 16.2. The zero-order chi connectivity index (χ0) is 18.9. The van der Waals surface area contributed by atoms with E-state index in [1.807, 2.05) is 42.5 Å². The quantitative estimate of drug-likeness (QED) is 0.283. The molecule has 1 atom stereocenters. The minimum absolute atomic E-state index is 0. The maximum Gasteiger partial charge on any atom is 0.213 e. The fraction of sp³-hybridized carbons (Fsp3) is 0.429. The summed E-state index contributed by atoms with van der Waals surface area (Å²) in [7, 11) is 1.74. The molecule has 1 aromatic heterocycles. The van der Waals surface area contributed by atoms with Crippen LogP contribution >= 0.6 is 24.0 Å². The van der Waals surface area contributed by atoms with Gasteiger partial charge in [-0.2, -0.15) is 0 Å². The minimum atomic E-state index is 0. The molecule has 1 unspecified atom stereocenters. The molecule has 0 aliphatic heterocycles. The van der Waals surface area contributed by atoms with Crippen molar-refractivity contribution in [3.05, 3.63) is 59.8 Å². The highest BCUT2D eigenvalue weighted by molar-refractivity contribution is 14.0. The third-order valence-electron chi connectivity index (χ3n) is 4.65. The van der Waals surface area contributed by atoms with Crippen molar-refractivity contribution in [2.45, 2.75) is 25.3 Å². The first kappa shape index (κ1) is 22.4. The molecule has 1 aliphatic rings. The standard InChI is InChI=1S/C21H28N4O2.HI/c1-22-21(25-13-19(14-26)18-5-3-2-4-6-18)24-12-17-9-10-23-20(11-17)27-15-16-7-8-16;/h2-6,9-11,16,19,26H,7-8,12-15H2,1H3,(H2,22,24,25);1H. The van der Waals surface area contributed by atoms with Crippen molar-refractivity contribution in [1.82, 2.24) is 15.6 Å². The highest BCUT2D eigenvalue weighted by Gasteiger charge is 2.22. The Morgan fingerprint density at radius 3 is 2.71 bits per heavy atom. The van der Waals surface area contributed by atoms with E-state index in [1.54, 1.807) is 13.2 Å². The SMILES string of the molecule is CN=C(NCc1ccnc(OCC2CC2)c1)NCC(CO)c1ccccc1.I. The Morgan fingerprint density at radius 2 is 2.04 bits per heavy atom. The van der Waals surface area contributed by atoms with Crippen LogP contribution in [0.5, 0.6) is 5.88 Å². The number of ether oxygens (including phenoxy) is 1. The number of guanidine groups is 1. The van der Waals surface area contributed by atoms with Gasteiger partial charge in [0.15, 0.2) is 5.96 Å². The van der Waals surface area contributed by atoms with Crippen LogP contribution in [0.25, 0.3) is 0 Å². The number of hydrogen-bond acceptors (Lipinski definition) is 4. The van der Waals surface area contributed by atoms with Crippen molar-refractivity contribution in [2.24, 2.45) is 10.9 Å². The number of nitrogens with one attached hydrogen (secondary N) is 2. The van der Waals surface area contributed by atoms with Crippen molar-refractivity contribution in [3.63, 3.8) is 0 Å². The van der Waals surface area contributed by atoms with Crippen LogP contribution in [-0.2, 0) is 6.54 Å². The van der Waals surface area contributed by atoms with Crippen LogP contribution in [0.15, 0.2) is 53.7 Å². The van der Waals surface area contributed by atoms with E-state index >= 15 is 0 Å². The summed E-state index contributed by atoms with van der Waals surface area (Å²) in [5.41, 5.74) is 2.19. The lowest BCUT2D eigenvalue weighted by molar-refractivity contribution is 0.265. The molecule has 0 spiro atoms.